The van der Waals surface area contributed by atoms with E-state index in [1.165, 1.54) is 12.1 Å². The Morgan fingerprint density at radius 2 is 1.96 bits per heavy atom. The standard InChI is InChI=1S/C18H26ClN3O4/c1-11-4-6-12(7-5-11)21-17(23)13-8-16(22(25)26)15(9-14(13)19)20-10-18(2,3)24/h8-9,11-12,20,24H,4-7,10H2,1-3H3,(H,21,23). The first-order valence-electron chi connectivity index (χ1n) is 8.82. The Labute approximate surface area is 158 Å². The molecule has 0 aromatic heterocycles. The van der Waals surface area contributed by atoms with Gasteiger partial charge in [0.1, 0.15) is 5.69 Å². The normalized spacial score (nSPS) is 20.5. The van der Waals surface area contributed by atoms with Crippen LogP contribution in [0.25, 0.3) is 0 Å². The Hall–Kier alpha value is -1.86. The summed E-state index contributed by atoms with van der Waals surface area (Å²) in [5.41, 5.74) is -1.04. The molecule has 0 saturated heterocycles. The highest BCUT2D eigenvalue weighted by Crippen LogP contribution is 2.32. The van der Waals surface area contributed by atoms with Crippen molar-refractivity contribution in [2.75, 3.05) is 11.9 Å². The number of halogens is 1. The summed E-state index contributed by atoms with van der Waals surface area (Å²) >= 11 is 6.21. The Kier molecular flexibility index (Phi) is 6.47. The maximum atomic E-state index is 12.5. The van der Waals surface area contributed by atoms with E-state index in [2.05, 4.69) is 17.6 Å². The minimum absolute atomic E-state index is 0.0711. The lowest BCUT2D eigenvalue weighted by Gasteiger charge is -2.27. The van der Waals surface area contributed by atoms with Gasteiger partial charge in [-0.15, -0.1) is 0 Å². The molecule has 1 aromatic rings. The smallest absolute Gasteiger partial charge is 0.293 e. The van der Waals surface area contributed by atoms with Crippen molar-refractivity contribution in [2.24, 2.45) is 5.92 Å². The van der Waals surface area contributed by atoms with E-state index in [1.54, 1.807) is 13.8 Å². The number of hydrogen-bond donors (Lipinski definition) is 3. The molecule has 0 atom stereocenters. The summed E-state index contributed by atoms with van der Waals surface area (Å²) in [7, 11) is 0. The van der Waals surface area contributed by atoms with Crippen LogP contribution >= 0.6 is 11.6 Å². The number of nitro benzene ring substituents is 1. The summed E-state index contributed by atoms with van der Waals surface area (Å²) in [5, 5.41) is 27.1. The Morgan fingerprint density at radius 3 is 2.50 bits per heavy atom. The van der Waals surface area contributed by atoms with E-state index in [1.807, 2.05) is 0 Å². The van der Waals surface area contributed by atoms with Gasteiger partial charge in [0.2, 0.25) is 0 Å². The average molecular weight is 384 g/mol. The number of anilines is 1. The fraction of sp³-hybridized carbons (Fsp3) is 0.611. The van der Waals surface area contributed by atoms with Crippen LogP contribution in [0.15, 0.2) is 12.1 Å². The van der Waals surface area contributed by atoms with E-state index in [9.17, 15) is 20.0 Å². The molecule has 3 N–H and O–H groups in total. The van der Waals surface area contributed by atoms with Crippen molar-refractivity contribution in [1.29, 1.82) is 0 Å². The fourth-order valence-corrected chi connectivity index (χ4v) is 3.26. The zero-order valence-corrected chi connectivity index (χ0v) is 16.1. The van der Waals surface area contributed by atoms with Gasteiger partial charge in [-0.05, 0) is 51.5 Å². The first-order valence-corrected chi connectivity index (χ1v) is 9.19. The molecule has 26 heavy (non-hydrogen) atoms. The van der Waals surface area contributed by atoms with Crippen molar-refractivity contribution in [3.05, 3.63) is 32.8 Å². The van der Waals surface area contributed by atoms with Gasteiger partial charge in [-0.25, -0.2) is 0 Å². The molecule has 0 unspecified atom stereocenters. The molecule has 1 aliphatic rings. The van der Waals surface area contributed by atoms with Crippen molar-refractivity contribution in [3.63, 3.8) is 0 Å². The number of nitrogens with zero attached hydrogens (tertiary/aromatic N) is 1. The second kappa shape index (κ2) is 8.22. The molecule has 1 aromatic carbocycles. The Balaban J connectivity index is 2.19. The Morgan fingerprint density at radius 1 is 1.35 bits per heavy atom. The number of carbonyl (C=O) groups excluding carboxylic acids is 1. The molecule has 0 heterocycles. The lowest BCUT2D eigenvalue weighted by Crippen LogP contribution is -2.37. The van der Waals surface area contributed by atoms with Gasteiger partial charge in [0.15, 0.2) is 0 Å². The largest absolute Gasteiger partial charge is 0.389 e. The highest BCUT2D eigenvalue weighted by atomic mass is 35.5. The van der Waals surface area contributed by atoms with E-state index < -0.39 is 16.4 Å². The minimum Gasteiger partial charge on any atom is -0.389 e. The van der Waals surface area contributed by atoms with Gasteiger partial charge in [0.25, 0.3) is 11.6 Å². The number of hydrogen-bond acceptors (Lipinski definition) is 5. The second-order valence-electron chi connectivity index (χ2n) is 7.70. The summed E-state index contributed by atoms with van der Waals surface area (Å²) < 4.78 is 0. The fourth-order valence-electron chi connectivity index (χ4n) is 3.01. The van der Waals surface area contributed by atoms with Crippen molar-refractivity contribution < 1.29 is 14.8 Å². The van der Waals surface area contributed by atoms with Gasteiger partial charge in [0.05, 0.1) is 21.1 Å². The molecule has 2 rings (SSSR count). The summed E-state index contributed by atoms with van der Waals surface area (Å²) in [4.78, 5) is 23.4. The van der Waals surface area contributed by atoms with E-state index in [-0.39, 0.29) is 34.5 Å². The predicted octanol–water partition coefficient (Wildman–Crippen LogP) is 3.74. The first-order chi connectivity index (χ1) is 12.1. The highest BCUT2D eigenvalue weighted by Gasteiger charge is 2.25. The zero-order chi connectivity index (χ0) is 19.5. The van der Waals surface area contributed by atoms with Crippen molar-refractivity contribution >= 4 is 28.9 Å². The van der Waals surface area contributed by atoms with Crippen LogP contribution < -0.4 is 10.6 Å². The lowest BCUT2D eigenvalue weighted by molar-refractivity contribution is -0.384. The summed E-state index contributed by atoms with van der Waals surface area (Å²) in [6, 6.07) is 2.63. The molecule has 144 valence electrons. The van der Waals surface area contributed by atoms with Gasteiger partial charge in [-0.2, -0.15) is 0 Å². The van der Waals surface area contributed by atoms with Gasteiger partial charge in [-0.1, -0.05) is 18.5 Å². The molecule has 1 amide bonds. The minimum atomic E-state index is -1.05. The van der Waals surface area contributed by atoms with Crippen LogP contribution in [-0.2, 0) is 0 Å². The molecule has 7 nitrogen and oxygen atoms in total. The maximum absolute atomic E-state index is 12.5. The van der Waals surface area contributed by atoms with Crippen molar-refractivity contribution in [2.45, 2.75) is 58.1 Å². The quantitative estimate of drug-likeness (QED) is 0.512. The van der Waals surface area contributed by atoms with Crippen LogP contribution in [0.4, 0.5) is 11.4 Å². The van der Waals surface area contributed by atoms with Crippen LogP contribution in [0.5, 0.6) is 0 Å². The average Bonchev–Trinajstić information content (AvgIpc) is 2.54. The highest BCUT2D eigenvalue weighted by molar-refractivity contribution is 6.34. The third-order valence-electron chi connectivity index (χ3n) is 4.59. The first kappa shape index (κ1) is 20.5. The van der Waals surface area contributed by atoms with Gasteiger partial charge < -0.3 is 15.7 Å². The second-order valence-corrected chi connectivity index (χ2v) is 8.11. The monoisotopic (exact) mass is 383 g/mol. The van der Waals surface area contributed by atoms with Crippen LogP contribution in [-0.4, -0.2) is 34.1 Å². The van der Waals surface area contributed by atoms with Gasteiger partial charge in [-0.3, -0.25) is 14.9 Å². The molecule has 0 aliphatic heterocycles. The summed E-state index contributed by atoms with van der Waals surface area (Å²) in [5.74, 6) is 0.264. The van der Waals surface area contributed by atoms with Gasteiger partial charge in [0, 0.05) is 18.7 Å². The summed E-state index contributed by atoms with van der Waals surface area (Å²) in [6.07, 6.45) is 3.91. The van der Waals surface area contributed by atoms with Gasteiger partial charge >= 0.3 is 0 Å². The zero-order valence-electron chi connectivity index (χ0n) is 15.3. The van der Waals surface area contributed by atoms with Crippen LogP contribution in [0.1, 0.15) is 56.8 Å². The third-order valence-corrected chi connectivity index (χ3v) is 4.90. The molecule has 8 heteroatoms. The predicted molar refractivity (Wildman–Crippen MR) is 102 cm³/mol. The number of nitro groups is 1. The SMILES string of the molecule is CC1CCC(NC(=O)c2cc([N+](=O)[O-])c(NCC(C)(C)O)cc2Cl)CC1. The van der Waals surface area contributed by atoms with Crippen molar-refractivity contribution in [3.8, 4) is 0 Å². The topological polar surface area (TPSA) is 104 Å². The Bertz CT molecular complexity index is 680. The molecule has 0 spiro atoms. The maximum Gasteiger partial charge on any atom is 0.293 e. The molecule has 1 aliphatic carbocycles. The van der Waals surface area contributed by atoms with Crippen LogP contribution in [0.3, 0.4) is 0 Å². The number of rotatable bonds is 6. The molecule has 0 radical (unpaired) electrons. The third kappa shape index (κ3) is 5.57. The molecular formula is C18H26ClN3O4. The van der Waals surface area contributed by atoms with E-state index in [0.717, 1.165) is 25.7 Å². The number of amides is 1. The van der Waals surface area contributed by atoms with E-state index >= 15 is 0 Å². The number of benzene rings is 1. The molecule has 1 saturated carbocycles. The van der Waals surface area contributed by atoms with E-state index in [4.69, 9.17) is 11.6 Å². The lowest BCUT2D eigenvalue weighted by atomic mass is 9.87. The summed E-state index contributed by atoms with van der Waals surface area (Å²) in [6.45, 7) is 5.47. The van der Waals surface area contributed by atoms with E-state index in [0.29, 0.717) is 5.92 Å². The molecular weight excluding hydrogens is 358 g/mol. The number of nitrogens with one attached hydrogen (secondary N) is 2. The van der Waals surface area contributed by atoms with Crippen molar-refractivity contribution in [1.82, 2.24) is 5.32 Å². The van der Waals surface area contributed by atoms with Crippen LogP contribution in [0, 0.1) is 16.0 Å². The van der Waals surface area contributed by atoms with Crippen LogP contribution in [0.2, 0.25) is 5.02 Å². The molecule has 0 bridgehead atoms. The number of carbonyl (C=O) groups is 1. The number of aliphatic hydroxyl groups is 1. The molecule has 1 fully saturated rings.